The highest BCUT2D eigenvalue weighted by molar-refractivity contribution is 5.93. The first-order valence-corrected chi connectivity index (χ1v) is 11.2. The number of furan rings is 1. The number of nitriles is 1. The number of aromatic nitrogens is 1. The monoisotopic (exact) mass is 478 g/mol. The molecule has 5 aromatic rings. The quantitative estimate of drug-likeness (QED) is 0.241. The lowest BCUT2D eigenvalue weighted by Crippen LogP contribution is -2.03. The number of para-hydroxylation sites is 1. The van der Waals surface area contributed by atoms with Gasteiger partial charge in [-0.15, -0.1) is 0 Å². The number of halogens is 1. The second-order valence-corrected chi connectivity index (χ2v) is 7.84. The van der Waals surface area contributed by atoms with Crippen molar-refractivity contribution in [2.75, 3.05) is 6.61 Å². The van der Waals surface area contributed by atoms with E-state index in [1.165, 1.54) is 12.1 Å². The summed E-state index contributed by atoms with van der Waals surface area (Å²) < 4.78 is 30.9. The highest BCUT2D eigenvalue weighted by Gasteiger charge is 2.16. The van der Waals surface area contributed by atoms with E-state index >= 15 is 0 Å². The summed E-state index contributed by atoms with van der Waals surface area (Å²) in [5.41, 5.74) is 4.13. The number of hydrogen-bond acceptors (Lipinski definition) is 6. The van der Waals surface area contributed by atoms with Gasteiger partial charge in [0, 0.05) is 23.4 Å². The van der Waals surface area contributed by atoms with Crippen LogP contribution in [0.25, 0.3) is 33.6 Å². The molecule has 36 heavy (non-hydrogen) atoms. The number of hydrogen-bond donors (Lipinski definition) is 0. The van der Waals surface area contributed by atoms with Crippen molar-refractivity contribution in [2.24, 2.45) is 0 Å². The Hall–Kier alpha value is -4.96. The van der Waals surface area contributed by atoms with Gasteiger partial charge in [0.15, 0.2) is 17.1 Å². The van der Waals surface area contributed by atoms with Crippen molar-refractivity contribution in [1.29, 1.82) is 5.26 Å². The van der Waals surface area contributed by atoms with Crippen LogP contribution in [0.15, 0.2) is 89.5 Å². The average Bonchev–Trinajstić information content (AvgIpc) is 3.35. The van der Waals surface area contributed by atoms with Gasteiger partial charge in [0.05, 0.1) is 17.7 Å². The van der Waals surface area contributed by atoms with Crippen molar-refractivity contribution in [2.45, 2.75) is 6.92 Å². The summed E-state index contributed by atoms with van der Waals surface area (Å²) in [5, 5.41) is 9.71. The van der Waals surface area contributed by atoms with E-state index in [9.17, 15) is 14.4 Å². The summed E-state index contributed by atoms with van der Waals surface area (Å²) in [5.74, 6) is -0.0235. The van der Waals surface area contributed by atoms with Crippen LogP contribution in [-0.2, 0) is 4.74 Å². The number of pyridine rings is 1. The number of rotatable bonds is 6. The fourth-order valence-electron chi connectivity index (χ4n) is 3.81. The Bertz CT molecular complexity index is 1620. The number of fused-ring (bicyclic) bond motifs is 1. The zero-order valence-corrected chi connectivity index (χ0v) is 19.2. The first-order chi connectivity index (χ1) is 17.6. The molecule has 176 valence electrons. The van der Waals surface area contributed by atoms with E-state index in [-0.39, 0.29) is 23.0 Å². The molecule has 0 N–H and O–H groups in total. The highest BCUT2D eigenvalue weighted by atomic mass is 19.1. The molecular weight excluding hydrogens is 459 g/mol. The molecular formula is C29H19FN2O4. The molecule has 0 bridgehead atoms. The number of esters is 1. The van der Waals surface area contributed by atoms with Crippen molar-refractivity contribution >= 4 is 17.1 Å². The van der Waals surface area contributed by atoms with E-state index in [2.05, 4.69) is 11.1 Å². The third kappa shape index (κ3) is 4.40. The maximum atomic E-state index is 14.0. The van der Waals surface area contributed by atoms with Crippen LogP contribution >= 0.6 is 0 Å². The SMILES string of the molecule is CCOC(=O)c1ccc(-c2cc3nccc(-c4ccc(Oc5ccccc5F)c(C#N)c4)c3o2)cc1. The number of benzene rings is 3. The molecule has 0 atom stereocenters. The van der Waals surface area contributed by atoms with Gasteiger partial charge in [0.1, 0.15) is 23.1 Å². The van der Waals surface area contributed by atoms with Gasteiger partial charge < -0.3 is 13.9 Å². The second-order valence-electron chi connectivity index (χ2n) is 7.84. The zero-order chi connectivity index (χ0) is 25.1. The molecule has 0 spiro atoms. The van der Waals surface area contributed by atoms with Crippen molar-refractivity contribution in [1.82, 2.24) is 4.98 Å². The van der Waals surface area contributed by atoms with Crippen LogP contribution in [-0.4, -0.2) is 17.6 Å². The van der Waals surface area contributed by atoms with Crippen molar-refractivity contribution in [3.63, 3.8) is 0 Å². The maximum Gasteiger partial charge on any atom is 0.338 e. The van der Waals surface area contributed by atoms with Crippen LogP contribution in [0.3, 0.4) is 0 Å². The lowest BCUT2D eigenvalue weighted by molar-refractivity contribution is 0.0526. The summed E-state index contributed by atoms with van der Waals surface area (Å²) in [4.78, 5) is 16.3. The third-order valence-corrected chi connectivity index (χ3v) is 5.56. The van der Waals surface area contributed by atoms with E-state index in [1.54, 1.807) is 73.8 Å². The Morgan fingerprint density at radius 3 is 2.53 bits per heavy atom. The number of ether oxygens (including phenoxy) is 2. The Morgan fingerprint density at radius 2 is 1.78 bits per heavy atom. The first kappa shape index (κ1) is 22.8. The van der Waals surface area contributed by atoms with E-state index in [0.717, 1.165) is 16.7 Å². The molecule has 7 heteroatoms. The van der Waals surface area contributed by atoms with Crippen LogP contribution in [0.1, 0.15) is 22.8 Å². The largest absolute Gasteiger partial charge is 0.462 e. The number of nitrogens with zero attached hydrogens (tertiary/aromatic N) is 2. The van der Waals surface area contributed by atoms with Crippen LogP contribution in [0, 0.1) is 17.1 Å². The smallest absolute Gasteiger partial charge is 0.338 e. The lowest BCUT2D eigenvalue weighted by atomic mass is 10.0. The molecule has 2 heterocycles. The van der Waals surface area contributed by atoms with Crippen LogP contribution in [0.5, 0.6) is 11.5 Å². The molecule has 0 fully saturated rings. The molecule has 0 saturated heterocycles. The van der Waals surface area contributed by atoms with Gasteiger partial charge in [0.25, 0.3) is 0 Å². The number of carbonyl (C=O) groups excluding carboxylic acids is 1. The van der Waals surface area contributed by atoms with E-state index in [4.69, 9.17) is 13.9 Å². The van der Waals surface area contributed by atoms with Gasteiger partial charge in [0.2, 0.25) is 0 Å². The molecule has 6 nitrogen and oxygen atoms in total. The van der Waals surface area contributed by atoms with E-state index in [0.29, 0.717) is 29.0 Å². The Labute approximate surface area is 206 Å². The molecule has 0 aliphatic heterocycles. The summed E-state index contributed by atoms with van der Waals surface area (Å²) in [6, 6.07) is 23.8. The summed E-state index contributed by atoms with van der Waals surface area (Å²) in [6.07, 6.45) is 1.66. The van der Waals surface area contributed by atoms with Gasteiger partial charge in [-0.25, -0.2) is 9.18 Å². The van der Waals surface area contributed by atoms with E-state index in [1.807, 2.05) is 6.07 Å². The standard InChI is InChI=1S/C29H19FN2O4/c1-2-34-29(33)19-9-7-18(8-10-19)27-16-24-28(36-27)22(13-14-32-24)20-11-12-25(21(15-20)17-31)35-26-6-4-3-5-23(26)30/h3-16H,2H2,1H3. The molecule has 5 rings (SSSR count). The van der Waals surface area contributed by atoms with Gasteiger partial charge in [-0.05, 0) is 55.0 Å². The summed E-state index contributed by atoms with van der Waals surface area (Å²) >= 11 is 0. The normalized spacial score (nSPS) is 10.7. The van der Waals surface area contributed by atoms with Crippen LogP contribution < -0.4 is 4.74 Å². The molecule has 0 aliphatic carbocycles. The zero-order valence-electron chi connectivity index (χ0n) is 19.2. The van der Waals surface area contributed by atoms with E-state index < -0.39 is 5.82 Å². The molecule has 0 amide bonds. The molecule has 0 aliphatic rings. The minimum Gasteiger partial charge on any atom is -0.462 e. The maximum absolute atomic E-state index is 14.0. The number of carbonyl (C=O) groups is 1. The topological polar surface area (TPSA) is 85.4 Å². The molecule has 0 saturated carbocycles. The second kappa shape index (κ2) is 9.72. The Morgan fingerprint density at radius 1 is 1.00 bits per heavy atom. The molecule has 2 aromatic heterocycles. The first-order valence-electron chi connectivity index (χ1n) is 11.2. The van der Waals surface area contributed by atoms with Crippen LogP contribution in [0.4, 0.5) is 4.39 Å². The van der Waals surface area contributed by atoms with Gasteiger partial charge in [-0.3, -0.25) is 4.98 Å². The van der Waals surface area contributed by atoms with Crippen molar-refractivity contribution in [3.8, 4) is 40.0 Å². The van der Waals surface area contributed by atoms with Gasteiger partial charge >= 0.3 is 5.97 Å². The Balaban J connectivity index is 1.49. The minimum atomic E-state index is -0.514. The average molecular weight is 478 g/mol. The minimum absolute atomic E-state index is 0.0395. The van der Waals surface area contributed by atoms with Crippen molar-refractivity contribution < 1.29 is 23.1 Å². The summed E-state index contributed by atoms with van der Waals surface area (Å²) in [7, 11) is 0. The van der Waals surface area contributed by atoms with Gasteiger partial charge in [-0.2, -0.15) is 5.26 Å². The third-order valence-electron chi connectivity index (χ3n) is 5.56. The van der Waals surface area contributed by atoms with Gasteiger partial charge in [-0.1, -0.05) is 30.3 Å². The highest BCUT2D eigenvalue weighted by Crippen LogP contribution is 2.36. The fourth-order valence-corrected chi connectivity index (χ4v) is 3.81. The predicted octanol–water partition coefficient (Wildman–Crippen LogP) is 7.14. The van der Waals surface area contributed by atoms with Crippen LogP contribution in [0.2, 0.25) is 0 Å². The predicted molar refractivity (Wildman–Crippen MR) is 132 cm³/mol. The fraction of sp³-hybridized carbons (Fsp3) is 0.0690. The van der Waals surface area contributed by atoms with Crippen molar-refractivity contribution in [3.05, 3.63) is 102 Å². The lowest BCUT2D eigenvalue weighted by Gasteiger charge is -2.10. The molecule has 0 unspecified atom stereocenters. The Kier molecular flexibility index (Phi) is 6.16. The molecule has 0 radical (unpaired) electrons. The summed E-state index contributed by atoms with van der Waals surface area (Å²) in [6.45, 7) is 2.07. The molecule has 3 aromatic carbocycles.